The van der Waals surface area contributed by atoms with Crippen LogP contribution in [0, 0.1) is 0 Å². The number of hydrogen-bond donors (Lipinski definition) is 1. The summed E-state index contributed by atoms with van der Waals surface area (Å²) >= 11 is -2.34. The van der Waals surface area contributed by atoms with Crippen LogP contribution in [0.15, 0.2) is 0 Å². The number of rotatable bonds is 3. The van der Waals surface area contributed by atoms with E-state index in [1.807, 2.05) is 0 Å². The zero-order valence-corrected chi connectivity index (χ0v) is 8.49. The Hall–Kier alpha value is -0.260. The molecule has 0 amide bonds. The summed E-state index contributed by atoms with van der Waals surface area (Å²) in [5, 5.41) is 0. The van der Waals surface area contributed by atoms with Gasteiger partial charge in [-0.15, -0.1) is 0 Å². The molecule has 0 aromatic heterocycles. The summed E-state index contributed by atoms with van der Waals surface area (Å²) in [4.78, 5) is 11.3. The van der Waals surface area contributed by atoms with Gasteiger partial charge in [0.25, 0.3) is 0 Å². The molecule has 0 aromatic carbocycles. The van der Waals surface area contributed by atoms with Gasteiger partial charge >= 0.3 is 0 Å². The maximum Gasteiger partial charge on any atom is 0.150 e. The van der Waals surface area contributed by atoms with Gasteiger partial charge in [0.2, 0.25) is 0 Å². The summed E-state index contributed by atoms with van der Waals surface area (Å²) in [6.45, 7) is 1.45. The van der Waals surface area contributed by atoms with Gasteiger partial charge in [-0.2, -0.15) is 0 Å². The fourth-order valence-electron chi connectivity index (χ4n) is 1.84. The van der Waals surface area contributed by atoms with Crippen molar-refractivity contribution < 1.29 is 13.6 Å². The first kappa shape index (κ1) is 10.8. The molecule has 13 heavy (non-hydrogen) atoms. The minimum Gasteiger partial charge on any atom is -0.760 e. The number of hydrogen-bond acceptors (Lipinski definition) is 3. The van der Waals surface area contributed by atoms with Crippen molar-refractivity contribution in [2.75, 3.05) is 0 Å². The lowest BCUT2D eigenvalue weighted by Gasteiger charge is -2.36. The van der Waals surface area contributed by atoms with Crippen LogP contribution in [0.25, 0.3) is 0 Å². The van der Waals surface area contributed by atoms with Crippen molar-refractivity contribution in [1.29, 1.82) is 0 Å². The molecule has 1 unspecified atom stereocenters. The predicted molar refractivity (Wildman–Crippen MR) is 48.6 cm³/mol. The Morgan fingerprint density at radius 1 is 1.38 bits per heavy atom. The normalized spacial score (nSPS) is 23.8. The first-order valence-corrected chi connectivity index (χ1v) is 5.52. The molecule has 1 fully saturated rings. The van der Waals surface area contributed by atoms with E-state index in [1.54, 1.807) is 0 Å². The molecule has 0 aliphatic heterocycles. The van der Waals surface area contributed by atoms with Crippen molar-refractivity contribution in [3.05, 3.63) is 0 Å². The Balaban J connectivity index is 2.73. The Labute approximate surface area is 80.5 Å². The van der Waals surface area contributed by atoms with Crippen LogP contribution in [0.2, 0.25) is 0 Å². The van der Waals surface area contributed by atoms with Gasteiger partial charge in [0.15, 0.2) is 5.78 Å². The van der Waals surface area contributed by atoms with Crippen LogP contribution in [0.3, 0.4) is 0 Å². The van der Waals surface area contributed by atoms with Crippen LogP contribution in [0.4, 0.5) is 0 Å². The van der Waals surface area contributed by atoms with Gasteiger partial charge in [0.05, 0.1) is 5.54 Å². The number of ketones is 1. The molecule has 0 aromatic rings. The molecular formula is C8H14NO3S-. The van der Waals surface area contributed by atoms with E-state index in [4.69, 9.17) is 0 Å². The molecule has 76 valence electrons. The first-order valence-electron chi connectivity index (χ1n) is 4.45. The lowest BCUT2D eigenvalue weighted by Crippen LogP contribution is -2.52. The zero-order chi connectivity index (χ0) is 9.90. The van der Waals surface area contributed by atoms with E-state index in [0.29, 0.717) is 12.8 Å². The molecule has 0 bridgehead atoms. The first-order chi connectivity index (χ1) is 6.07. The minimum atomic E-state index is -2.34. The van der Waals surface area contributed by atoms with E-state index < -0.39 is 16.8 Å². The standard InChI is InChI=1S/C8H15NO3S/c1-7(10)8(9-13(11)12)5-3-2-4-6-8/h9H,2-6H2,1H3,(H,11,12)/p-1. The van der Waals surface area contributed by atoms with Crippen molar-refractivity contribution in [3.8, 4) is 0 Å². The smallest absolute Gasteiger partial charge is 0.150 e. The van der Waals surface area contributed by atoms with E-state index in [1.165, 1.54) is 6.92 Å². The summed E-state index contributed by atoms with van der Waals surface area (Å²) < 4.78 is 23.4. The monoisotopic (exact) mass is 204 g/mol. The van der Waals surface area contributed by atoms with E-state index in [0.717, 1.165) is 19.3 Å². The van der Waals surface area contributed by atoms with Crippen molar-refractivity contribution in [2.24, 2.45) is 0 Å². The van der Waals surface area contributed by atoms with E-state index >= 15 is 0 Å². The zero-order valence-electron chi connectivity index (χ0n) is 7.67. The molecule has 0 radical (unpaired) electrons. The van der Waals surface area contributed by atoms with Gasteiger partial charge in [-0.1, -0.05) is 19.3 Å². The molecular weight excluding hydrogens is 190 g/mol. The van der Waals surface area contributed by atoms with E-state index in [9.17, 15) is 13.6 Å². The third kappa shape index (κ3) is 2.59. The molecule has 1 rings (SSSR count). The van der Waals surface area contributed by atoms with E-state index in [2.05, 4.69) is 4.72 Å². The molecule has 0 saturated heterocycles. The summed E-state index contributed by atoms with van der Waals surface area (Å²) in [6, 6.07) is 0. The molecule has 1 saturated carbocycles. The number of carbonyl (C=O) groups is 1. The topological polar surface area (TPSA) is 69.2 Å². The third-order valence-corrected chi connectivity index (χ3v) is 3.22. The Bertz CT molecular complexity index is 223. The van der Waals surface area contributed by atoms with Gasteiger partial charge in [-0.25, -0.2) is 4.72 Å². The largest absolute Gasteiger partial charge is 0.760 e. The van der Waals surface area contributed by atoms with Gasteiger partial charge in [0.1, 0.15) is 0 Å². The predicted octanol–water partition coefficient (Wildman–Crippen LogP) is 0.662. The summed E-state index contributed by atoms with van der Waals surface area (Å²) in [7, 11) is 0. The molecule has 5 heteroatoms. The SMILES string of the molecule is CC(=O)C1(NS(=O)[O-])CCCCC1. The van der Waals surface area contributed by atoms with Crippen LogP contribution in [-0.2, 0) is 16.1 Å². The third-order valence-electron chi connectivity index (χ3n) is 2.66. The summed E-state index contributed by atoms with van der Waals surface area (Å²) in [6.07, 6.45) is 4.20. The van der Waals surface area contributed by atoms with Crippen molar-refractivity contribution in [3.63, 3.8) is 0 Å². The fraction of sp³-hybridized carbons (Fsp3) is 0.875. The molecule has 1 N–H and O–H groups in total. The van der Waals surface area contributed by atoms with Crippen LogP contribution in [-0.4, -0.2) is 20.1 Å². The molecule has 0 heterocycles. The number of Topliss-reactive ketones (excluding diaryl/α,β-unsaturated/α-hetero) is 1. The lowest BCUT2D eigenvalue weighted by atomic mass is 9.80. The quantitative estimate of drug-likeness (QED) is 0.687. The van der Waals surface area contributed by atoms with Gasteiger partial charge < -0.3 is 4.55 Å². The Morgan fingerprint density at radius 3 is 2.31 bits per heavy atom. The van der Waals surface area contributed by atoms with Crippen molar-refractivity contribution in [2.45, 2.75) is 44.6 Å². The average molecular weight is 204 g/mol. The van der Waals surface area contributed by atoms with Crippen LogP contribution in [0.1, 0.15) is 39.0 Å². The maximum absolute atomic E-state index is 11.3. The Morgan fingerprint density at radius 2 is 1.92 bits per heavy atom. The van der Waals surface area contributed by atoms with Gasteiger partial charge in [0, 0.05) is 11.3 Å². The summed E-state index contributed by atoms with van der Waals surface area (Å²) in [5.41, 5.74) is -0.801. The molecule has 4 nitrogen and oxygen atoms in total. The van der Waals surface area contributed by atoms with Crippen LogP contribution in [0.5, 0.6) is 0 Å². The van der Waals surface area contributed by atoms with Crippen LogP contribution >= 0.6 is 0 Å². The highest BCUT2D eigenvalue weighted by molar-refractivity contribution is 7.77. The highest BCUT2D eigenvalue weighted by atomic mass is 32.2. The highest BCUT2D eigenvalue weighted by Crippen LogP contribution is 2.29. The van der Waals surface area contributed by atoms with Gasteiger partial charge in [-0.05, 0) is 19.8 Å². The second-order valence-corrected chi connectivity index (χ2v) is 4.21. The minimum absolute atomic E-state index is 0.0728. The fourth-order valence-corrected chi connectivity index (χ4v) is 2.51. The Kier molecular flexibility index (Phi) is 3.58. The molecule has 1 atom stereocenters. The second kappa shape index (κ2) is 4.30. The number of carbonyl (C=O) groups excluding carboxylic acids is 1. The summed E-state index contributed by atoms with van der Waals surface area (Å²) in [5.74, 6) is -0.0728. The lowest BCUT2D eigenvalue weighted by molar-refractivity contribution is -0.123. The molecule has 1 aliphatic rings. The number of nitrogens with one attached hydrogen (secondary N) is 1. The van der Waals surface area contributed by atoms with Crippen molar-refractivity contribution in [1.82, 2.24) is 4.72 Å². The van der Waals surface area contributed by atoms with Crippen LogP contribution < -0.4 is 4.72 Å². The van der Waals surface area contributed by atoms with Gasteiger partial charge in [-0.3, -0.25) is 9.00 Å². The second-order valence-electron chi connectivity index (χ2n) is 3.54. The van der Waals surface area contributed by atoms with E-state index in [-0.39, 0.29) is 5.78 Å². The average Bonchev–Trinajstić information content (AvgIpc) is 2.04. The van der Waals surface area contributed by atoms with Crippen molar-refractivity contribution >= 4 is 17.0 Å². The maximum atomic E-state index is 11.3. The molecule has 1 aliphatic carbocycles. The molecule has 0 spiro atoms. The highest BCUT2D eigenvalue weighted by Gasteiger charge is 2.36.